The molecule has 132 valence electrons. The number of nitrogens with zero attached hydrogens (tertiary/aromatic N) is 6. The second-order valence-corrected chi connectivity index (χ2v) is 6.54. The highest BCUT2D eigenvalue weighted by molar-refractivity contribution is 5.92. The molecule has 0 spiro atoms. The van der Waals surface area contributed by atoms with Crippen LogP contribution in [-0.2, 0) is 6.54 Å². The maximum atomic E-state index is 12.7. The van der Waals surface area contributed by atoms with Crippen molar-refractivity contribution in [3.63, 3.8) is 0 Å². The minimum Gasteiger partial charge on any atom is -0.363 e. The Kier molecular flexibility index (Phi) is 5.11. The molecule has 1 saturated heterocycles. The number of carbonyl (C=O) groups excluding carboxylic acids is 1. The number of hydrogen-bond acceptors (Lipinski definition) is 6. The summed E-state index contributed by atoms with van der Waals surface area (Å²) in [6.45, 7) is 2.47. The van der Waals surface area contributed by atoms with E-state index in [1.165, 1.54) is 19.2 Å². The van der Waals surface area contributed by atoms with Crippen molar-refractivity contribution in [2.75, 3.05) is 44.0 Å². The van der Waals surface area contributed by atoms with Gasteiger partial charge in [0.1, 0.15) is 23.7 Å². The molecule has 0 unspecified atom stereocenters. The molecule has 7 heteroatoms. The standard InChI is InChI=1S/C18H24N6O/c1-22(2)16-7-6-14(11-19-16)12-23(3)18(25)15-10-17(21-13-20-15)24-8-4-5-9-24/h6-7,10-11,13H,4-5,8-9,12H2,1-3H3. The molecule has 2 aromatic heterocycles. The predicted octanol–water partition coefficient (Wildman–Crippen LogP) is 1.81. The molecule has 0 saturated carbocycles. The van der Waals surface area contributed by atoms with Crippen LogP contribution in [0.25, 0.3) is 0 Å². The lowest BCUT2D eigenvalue weighted by molar-refractivity contribution is 0.0779. The van der Waals surface area contributed by atoms with E-state index in [4.69, 9.17) is 0 Å². The predicted molar refractivity (Wildman–Crippen MR) is 97.8 cm³/mol. The summed E-state index contributed by atoms with van der Waals surface area (Å²) in [7, 11) is 5.68. The number of hydrogen-bond donors (Lipinski definition) is 0. The van der Waals surface area contributed by atoms with Gasteiger partial charge in [0, 0.05) is 53.0 Å². The SMILES string of the molecule is CN(Cc1ccc(N(C)C)nc1)C(=O)c1cc(N2CCCC2)ncn1. The first-order valence-electron chi connectivity index (χ1n) is 8.49. The van der Waals surface area contributed by atoms with Crippen LogP contribution in [0.5, 0.6) is 0 Å². The van der Waals surface area contributed by atoms with Gasteiger partial charge < -0.3 is 14.7 Å². The van der Waals surface area contributed by atoms with Gasteiger partial charge in [-0.05, 0) is 24.5 Å². The van der Waals surface area contributed by atoms with Crippen LogP contribution < -0.4 is 9.80 Å². The Labute approximate surface area is 148 Å². The average molecular weight is 340 g/mol. The molecule has 25 heavy (non-hydrogen) atoms. The third-order valence-electron chi connectivity index (χ3n) is 4.34. The van der Waals surface area contributed by atoms with Gasteiger partial charge in [0.25, 0.3) is 5.91 Å². The minimum absolute atomic E-state index is 0.112. The number of rotatable bonds is 5. The average Bonchev–Trinajstić information content (AvgIpc) is 3.16. The molecule has 1 amide bonds. The summed E-state index contributed by atoms with van der Waals surface area (Å²) in [6, 6.07) is 5.73. The number of pyridine rings is 1. The van der Waals surface area contributed by atoms with Crippen molar-refractivity contribution in [2.45, 2.75) is 19.4 Å². The molecule has 1 aliphatic rings. The molecule has 0 radical (unpaired) electrons. The van der Waals surface area contributed by atoms with Crippen LogP contribution in [0.2, 0.25) is 0 Å². The molecule has 1 aliphatic heterocycles. The Hall–Kier alpha value is -2.70. The lowest BCUT2D eigenvalue weighted by Gasteiger charge is -2.19. The van der Waals surface area contributed by atoms with E-state index in [0.29, 0.717) is 12.2 Å². The van der Waals surface area contributed by atoms with Crippen molar-refractivity contribution in [2.24, 2.45) is 0 Å². The quantitative estimate of drug-likeness (QED) is 0.827. The second-order valence-electron chi connectivity index (χ2n) is 6.54. The normalized spacial score (nSPS) is 13.8. The maximum absolute atomic E-state index is 12.7. The van der Waals surface area contributed by atoms with Crippen LogP contribution in [0.1, 0.15) is 28.9 Å². The zero-order valence-electron chi connectivity index (χ0n) is 15.0. The summed E-state index contributed by atoms with van der Waals surface area (Å²) >= 11 is 0. The van der Waals surface area contributed by atoms with Crippen LogP contribution in [0.4, 0.5) is 11.6 Å². The monoisotopic (exact) mass is 340 g/mol. The van der Waals surface area contributed by atoms with Crippen LogP contribution in [-0.4, -0.2) is 60.0 Å². The molecule has 0 N–H and O–H groups in total. The Balaban J connectivity index is 1.68. The van der Waals surface area contributed by atoms with Crippen molar-refractivity contribution < 1.29 is 4.79 Å². The molecular weight excluding hydrogens is 316 g/mol. The number of amides is 1. The van der Waals surface area contributed by atoms with E-state index < -0.39 is 0 Å². The van der Waals surface area contributed by atoms with E-state index in [-0.39, 0.29) is 5.91 Å². The third-order valence-corrected chi connectivity index (χ3v) is 4.34. The summed E-state index contributed by atoms with van der Waals surface area (Å²) in [5.41, 5.74) is 1.41. The van der Waals surface area contributed by atoms with E-state index in [2.05, 4.69) is 19.9 Å². The van der Waals surface area contributed by atoms with E-state index in [9.17, 15) is 4.79 Å². The minimum atomic E-state index is -0.112. The molecule has 2 aromatic rings. The first kappa shape index (κ1) is 17.1. The van der Waals surface area contributed by atoms with Crippen molar-refractivity contribution in [1.29, 1.82) is 0 Å². The molecular formula is C18H24N6O. The van der Waals surface area contributed by atoms with Crippen LogP contribution in [0, 0.1) is 0 Å². The summed E-state index contributed by atoms with van der Waals surface area (Å²) in [5, 5.41) is 0. The zero-order valence-corrected chi connectivity index (χ0v) is 15.0. The summed E-state index contributed by atoms with van der Waals surface area (Å²) in [6.07, 6.45) is 5.61. The van der Waals surface area contributed by atoms with E-state index in [1.54, 1.807) is 24.2 Å². The Bertz CT molecular complexity index is 725. The highest BCUT2D eigenvalue weighted by atomic mass is 16.2. The largest absolute Gasteiger partial charge is 0.363 e. The van der Waals surface area contributed by atoms with Crippen molar-refractivity contribution >= 4 is 17.5 Å². The highest BCUT2D eigenvalue weighted by Gasteiger charge is 2.18. The van der Waals surface area contributed by atoms with Gasteiger partial charge in [0.15, 0.2) is 0 Å². The smallest absolute Gasteiger partial charge is 0.272 e. The number of carbonyl (C=O) groups is 1. The van der Waals surface area contributed by atoms with Crippen molar-refractivity contribution in [1.82, 2.24) is 19.9 Å². The van der Waals surface area contributed by atoms with Gasteiger partial charge in [-0.15, -0.1) is 0 Å². The second kappa shape index (κ2) is 7.46. The van der Waals surface area contributed by atoms with Crippen molar-refractivity contribution in [3.8, 4) is 0 Å². The molecule has 0 aromatic carbocycles. The fraction of sp³-hybridized carbons (Fsp3) is 0.444. The van der Waals surface area contributed by atoms with Crippen LogP contribution in [0.3, 0.4) is 0 Å². The lowest BCUT2D eigenvalue weighted by atomic mass is 10.2. The molecule has 0 aliphatic carbocycles. The summed E-state index contributed by atoms with van der Waals surface area (Å²) in [5.74, 6) is 1.62. The molecule has 3 heterocycles. The Morgan fingerprint density at radius 1 is 1.12 bits per heavy atom. The first-order chi connectivity index (χ1) is 12.0. The first-order valence-corrected chi connectivity index (χ1v) is 8.49. The number of anilines is 2. The third kappa shape index (κ3) is 4.04. The van der Waals surface area contributed by atoms with Gasteiger partial charge in [-0.3, -0.25) is 4.79 Å². The highest BCUT2D eigenvalue weighted by Crippen LogP contribution is 2.18. The van der Waals surface area contributed by atoms with Gasteiger partial charge in [-0.25, -0.2) is 15.0 Å². The Morgan fingerprint density at radius 3 is 2.52 bits per heavy atom. The van der Waals surface area contributed by atoms with Crippen LogP contribution in [0.15, 0.2) is 30.7 Å². The van der Waals surface area contributed by atoms with Crippen LogP contribution >= 0.6 is 0 Å². The van der Waals surface area contributed by atoms with E-state index >= 15 is 0 Å². The molecule has 7 nitrogen and oxygen atoms in total. The summed E-state index contributed by atoms with van der Waals surface area (Å²) < 4.78 is 0. The maximum Gasteiger partial charge on any atom is 0.272 e. The molecule has 0 atom stereocenters. The molecule has 3 rings (SSSR count). The lowest BCUT2D eigenvalue weighted by Crippen LogP contribution is -2.28. The van der Waals surface area contributed by atoms with Gasteiger partial charge in [0.05, 0.1) is 0 Å². The van der Waals surface area contributed by atoms with Crippen molar-refractivity contribution in [3.05, 3.63) is 42.0 Å². The topological polar surface area (TPSA) is 65.5 Å². The van der Waals surface area contributed by atoms with Gasteiger partial charge >= 0.3 is 0 Å². The van der Waals surface area contributed by atoms with Gasteiger partial charge in [-0.1, -0.05) is 6.07 Å². The zero-order chi connectivity index (χ0) is 17.8. The van der Waals surface area contributed by atoms with E-state index in [1.807, 2.05) is 31.1 Å². The fourth-order valence-corrected chi connectivity index (χ4v) is 2.90. The van der Waals surface area contributed by atoms with Gasteiger partial charge in [-0.2, -0.15) is 0 Å². The summed E-state index contributed by atoms with van der Waals surface area (Å²) in [4.78, 5) is 31.3. The number of aromatic nitrogens is 3. The Morgan fingerprint density at radius 2 is 1.88 bits per heavy atom. The fourth-order valence-electron chi connectivity index (χ4n) is 2.90. The van der Waals surface area contributed by atoms with E-state index in [0.717, 1.165) is 30.3 Å². The molecule has 0 bridgehead atoms. The van der Waals surface area contributed by atoms with Gasteiger partial charge in [0.2, 0.25) is 0 Å². The molecule has 1 fully saturated rings.